The molecule has 0 aliphatic carbocycles. The van der Waals surface area contributed by atoms with Crippen LogP contribution in [0.25, 0.3) is 0 Å². The number of carbonyl (C=O) groups excluding carboxylic acids is 1. The molecule has 2 aliphatic rings. The molecule has 0 saturated carbocycles. The van der Waals surface area contributed by atoms with Gasteiger partial charge in [0.2, 0.25) is 0 Å². The summed E-state index contributed by atoms with van der Waals surface area (Å²) in [6.45, 7) is 2.89. The zero-order valence-corrected chi connectivity index (χ0v) is 15.0. The molecule has 0 unspecified atom stereocenters. The molecule has 6 nitrogen and oxygen atoms in total. The van der Waals surface area contributed by atoms with E-state index in [1.54, 1.807) is 48.5 Å². The van der Waals surface area contributed by atoms with Crippen molar-refractivity contribution >= 4 is 5.97 Å². The van der Waals surface area contributed by atoms with Gasteiger partial charge in [0.1, 0.15) is 17.2 Å². The number of hydrogen-bond donors (Lipinski definition) is 0. The smallest absolute Gasteiger partial charge is 0.343 e. The molecule has 0 amide bonds. The van der Waals surface area contributed by atoms with Crippen LogP contribution >= 0.6 is 0 Å². The molecule has 4 rings (SSSR count). The zero-order chi connectivity index (χ0) is 18.5. The fourth-order valence-corrected chi connectivity index (χ4v) is 2.54. The van der Waals surface area contributed by atoms with Crippen molar-refractivity contribution in [2.24, 2.45) is 0 Å². The number of epoxide rings is 2. The monoisotopic (exact) mass is 370 g/mol. The van der Waals surface area contributed by atoms with E-state index in [1.165, 1.54) is 0 Å². The minimum atomic E-state index is -0.410. The highest BCUT2D eigenvalue weighted by Gasteiger charge is 2.22. The Morgan fingerprint density at radius 2 is 1.22 bits per heavy atom. The number of ether oxygens (including phenoxy) is 5. The Bertz CT molecular complexity index is 747. The van der Waals surface area contributed by atoms with Gasteiger partial charge in [-0.3, -0.25) is 0 Å². The van der Waals surface area contributed by atoms with E-state index in [0.29, 0.717) is 36.7 Å². The molecule has 0 bridgehead atoms. The molecule has 2 saturated heterocycles. The fourth-order valence-electron chi connectivity index (χ4n) is 2.54. The lowest BCUT2D eigenvalue weighted by molar-refractivity contribution is 0.0734. The average Bonchev–Trinajstić information content (AvgIpc) is 3.59. The Labute approximate surface area is 157 Å². The van der Waals surface area contributed by atoms with Crippen molar-refractivity contribution in [3.63, 3.8) is 0 Å². The Morgan fingerprint density at radius 1 is 0.778 bits per heavy atom. The van der Waals surface area contributed by atoms with Gasteiger partial charge in [0.25, 0.3) is 0 Å². The first-order chi connectivity index (χ1) is 13.3. The summed E-state index contributed by atoms with van der Waals surface area (Å²) in [5.41, 5.74) is 0.470. The lowest BCUT2D eigenvalue weighted by atomic mass is 10.2. The minimum absolute atomic E-state index is 0.350. The highest BCUT2D eigenvalue weighted by Crippen LogP contribution is 2.21. The normalized spacial score (nSPS) is 20.0. The van der Waals surface area contributed by atoms with E-state index < -0.39 is 5.97 Å². The molecule has 2 aromatic carbocycles. The van der Waals surface area contributed by atoms with E-state index in [2.05, 4.69) is 0 Å². The molecular weight excluding hydrogens is 348 g/mol. The van der Waals surface area contributed by atoms with Gasteiger partial charge in [-0.25, -0.2) is 4.79 Å². The molecule has 27 heavy (non-hydrogen) atoms. The van der Waals surface area contributed by atoms with Gasteiger partial charge >= 0.3 is 5.97 Å². The largest absolute Gasteiger partial charge is 0.493 e. The summed E-state index contributed by atoms with van der Waals surface area (Å²) in [6, 6.07) is 13.9. The predicted octanol–water partition coefficient (Wildman–Crippen LogP) is 3.24. The molecule has 2 atom stereocenters. The van der Waals surface area contributed by atoms with Crippen LogP contribution in [-0.2, 0) is 9.47 Å². The van der Waals surface area contributed by atoms with Crippen LogP contribution in [0.1, 0.15) is 23.2 Å². The van der Waals surface area contributed by atoms with Crippen molar-refractivity contribution in [3.8, 4) is 17.2 Å². The van der Waals surface area contributed by atoms with Crippen LogP contribution in [0.2, 0.25) is 0 Å². The molecular formula is C21H22O6. The predicted molar refractivity (Wildman–Crippen MR) is 97.5 cm³/mol. The Balaban J connectivity index is 1.23. The average molecular weight is 370 g/mol. The van der Waals surface area contributed by atoms with Crippen LogP contribution < -0.4 is 14.2 Å². The third kappa shape index (κ3) is 5.70. The topological polar surface area (TPSA) is 69.8 Å². The number of hydrogen-bond acceptors (Lipinski definition) is 6. The van der Waals surface area contributed by atoms with Gasteiger partial charge in [-0.1, -0.05) is 0 Å². The van der Waals surface area contributed by atoms with Crippen LogP contribution in [0.4, 0.5) is 0 Å². The van der Waals surface area contributed by atoms with Crippen molar-refractivity contribution in [1.29, 1.82) is 0 Å². The molecule has 0 radical (unpaired) electrons. The van der Waals surface area contributed by atoms with Crippen molar-refractivity contribution in [2.45, 2.75) is 25.0 Å². The van der Waals surface area contributed by atoms with Crippen LogP contribution in [-0.4, -0.2) is 44.6 Å². The number of carbonyl (C=O) groups is 1. The van der Waals surface area contributed by atoms with E-state index in [1.807, 2.05) is 0 Å². The molecule has 2 aliphatic heterocycles. The van der Waals surface area contributed by atoms with Crippen LogP contribution in [0, 0.1) is 0 Å². The standard InChI is InChI=1S/C21H22O6/c22-21(15-1-3-16(4-2-15)23-11-9-19-13-25-19)27-18-7-5-17(6-8-18)24-12-10-20-14-26-20/h1-8,19-20H,9-14H2/t19-,20-/m0/s1. The Morgan fingerprint density at radius 3 is 1.70 bits per heavy atom. The molecule has 2 fully saturated rings. The minimum Gasteiger partial charge on any atom is -0.493 e. The van der Waals surface area contributed by atoms with E-state index >= 15 is 0 Å². The quantitative estimate of drug-likeness (QED) is 0.363. The molecule has 6 heteroatoms. The summed E-state index contributed by atoms with van der Waals surface area (Å²) in [5.74, 6) is 1.54. The fraction of sp³-hybridized carbons (Fsp3) is 0.381. The zero-order valence-electron chi connectivity index (χ0n) is 15.0. The second-order valence-corrected chi connectivity index (χ2v) is 6.57. The van der Waals surface area contributed by atoms with Gasteiger partial charge in [0.15, 0.2) is 0 Å². The maximum atomic E-state index is 12.3. The Kier molecular flexibility index (Phi) is 5.55. The van der Waals surface area contributed by atoms with Crippen molar-refractivity contribution in [3.05, 3.63) is 54.1 Å². The lowest BCUT2D eigenvalue weighted by Gasteiger charge is -2.08. The number of esters is 1. The van der Waals surface area contributed by atoms with Crippen LogP contribution in [0.3, 0.4) is 0 Å². The molecule has 0 N–H and O–H groups in total. The number of benzene rings is 2. The van der Waals surface area contributed by atoms with Gasteiger partial charge in [0.05, 0.1) is 44.2 Å². The van der Waals surface area contributed by atoms with E-state index in [9.17, 15) is 4.79 Å². The maximum absolute atomic E-state index is 12.3. The summed E-state index contributed by atoms with van der Waals surface area (Å²) in [6.07, 6.45) is 2.49. The van der Waals surface area contributed by atoms with Crippen LogP contribution in [0.5, 0.6) is 17.2 Å². The molecule has 0 spiro atoms. The van der Waals surface area contributed by atoms with Gasteiger partial charge < -0.3 is 23.7 Å². The molecule has 0 aromatic heterocycles. The van der Waals surface area contributed by atoms with Gasteiger partial charge in [-0.05, 0) is 48.5 Å². The van der Waals surface area contributed by atoms with Gasteiger partial charge in [0, 0.05) is 12.8 Å². The summed E-state index contributed by atoms with van der Waals surface area (Å²) in [4.78, 5) is 12.3. The van der Waals surface area contributed by atoms with Crippen molar-refractivity contribution < 1.29 is 28.5 Å². The SMILES string of the molecule is O=C(Oc1ccc(OCC[C@H]2CO2)cc1)c1ccc(OCC[C@H]2CO2)cc1. The molecule has 142 valence electrons. The van der Waals surface area contributed by atoms with Crippen LogP contribution in [0.15, 0.2) is 48.5 Å². The highest BCUT2D eigenvalue weighted by molar-refractivity contribution is 5.91. The summed E-state index contributed by atoms with van der Waals surface area (Å²) in [5, 5.41) is 0. The first-order valence-electron chi connectivity index (χ1n) is 9.17. The van der Waals surface area contributed by atoms with E-state index in [-0.39, 0.29) is 0 Å². The third-order valence-corrected chi connectivity index (χ3v) is 4.35. The molecule has 2 aromatic rings. The second kappa shape index (κ2) is 8.41. The van der Waals surface area contributed by atoms with Gasteiger partial charge in [-0.15, -0.1) is 0 Å². The third-order valence-electron chi connectivity index (χ3n) is 4.35. The van der Waals surface area contributed by atoms with Gasteiger partial charge in [-0.2, -0.15) is 0 Å². The van der Waals surface area contributed by atoms with E-state index in [4.69, 9.17) is 23.7 Å². The molecule has 2 heterocycles. The first-order valence-corrected chi connectivity index (χ1v) is 9.17. The van der Waals surface area contributed by atoms with E-state index in [0.717, 1.165) is 37.6 Å². The maximum Gasteiger partial charge on any atom is 0.343 e. The lowest BCUT2D eigenvalue weighted by Crippen LogP contribution is -2.08. The Hall–Kier alpha value is -2.57. The number of rotatable bonds is 10. The van der Waals surface area contributed by atoms with Crippen molar-refractivity contribution in [2.75, 3.05) is 26.4 Å². The summed E-state index contributed by atoms with van der Waals surface area (Å²) >= 11 is 0. The summed E-state index contributed by atoms with van der Waals surface area (Å²) in [7, 11) is 0. The summed E-state index contributed by atoms with van der Waals surface area (Å²) < 4.78 is 26.9. The van der Waals surface area contributed by atoms with Crippen molar-refractivity contribution in [1.82, 2.24) is 0 Å². The highest BCUT2D eigenvalue weighted by atomic mass is 16.6. The first kappa shape index (κ1) is 17.8. The second-order valence-electron chi connectivity index (χ2n) is 6.57.